The molecule has 0 saturated carbocycles. The van der Waals surface area contributed by atoms with E-state index in [9.17, 15) is 0 Å². The molecule has 0 bridgehead atoms. The lowest BCUT2D eigenvalue weighted by Gasteiger charge is -2.20. The molecule has 2 rings (SSSR count). The number of hydrogen-bond donors (Lipinski definition) is 2. The van der Waals surface area contributed by atoms with Gasteiger partial charge in [-0.1, -0.05) is 35.5 Å². The highest BCUT2D eigenvalue weighted by Gasteiger charge is 2.29. The largest absolute Gasteiger partial charge is 0.394 e. The Kier molecular flexibility index (Phi) is 3.45. The van der Waals surface area contributed by atoms with Crippen molar-refractivity contribution >= 4 is 0 Å². The Labute approximate surface area is 106 Å². The van der Waals surface area contributed by atoms with E-state index in [2.05, 4.69) is 10.1 Å². The van der Waals surface area contributed by atoms with Crippen molar-refractivity contribution in [2.75, 3.05) is 6.61 Å². The fourth-order valence-electron chi connectivity index (χ4n) is 1.70. The maximum atomic E-state index is 8.96. The van der Waals surface area contributed by atoms with Crippen molar-refractivity contribution in [1.82, 2.24) is 10.1 Å². The number of aliphatic hydroxyl groups excluding tert-OH is 1. The smallest absolute Gasteiger partial charge is 0.245 e. The Bertz CT molecular complexity index is 508. The topological polar surface area (TPSA) is 85.2 Å². The molecule has 0 saturated heterocycles. The summed E-state index contributed by atoms with van der Waals surface area (Å²) in [5.74, 6) is 0.823. The van der Waals surface area contributed by atoms with Crippen LogP contribution in [0.1, 0.15) is 37.2 Å². The van der Waals surface area contributed by atoms with Crippen molar-refractivity contribution in [2.24, 2.45) is 5.73 Å². The predicted octanol–water partition coefficient (Wildman–Crippen LogP) is 1.39. The molecule has 5 heteroatoms. The molecule has 0 unspecified atom stereocenters. The van der Waals surface area contributed by atoms with Crippen LogP contribution in [0.3, 0.4) is 0 Å². The molecular weight excluding hydrogens is 230 g/mol. The lowest BCUT2D eigenvalue weighted by molar-refractivity contribution is 0.236. The van der Waals surface area contributed by atoms with Gasteiger partial charge in [-0.15, -0.1) is 0 Å². The fourth-order valence-corrected chi connectivity index (χ4v) is 1.70. The van der Waals surface area contributed by atoms with E-state index in [4.69, 9.17) is 15.4 Å². The second-order valence-corrected chi connectivity index (χ2v) is 4.74. The third-order valence-electron chi connectivity index (χ3n) is 3.01. The van der Waals surface area contributed by atoms with Crippen molar-refractivity contribution in [1.29, 1.82) is 0 Å². The van der Waals surface area contributed by atoms with Crippen LogP contribution in [0.5, 0.6) is 0 Å². The number of nitrogens with zero attached hydrogens (tertiary/aromatic N) is 2. The summed E-state index contributed by atoms with van der Waals surface area (Å²) >= 11 is 0. The van der Waals surface area contributed by atoms with Crippen molar-refractivity contribution in [3.8, 4) is 0 Å². The van der Waals surface area contributed by atoms with Gasteiger partial charge < -0.3 is 15.4 Å². The molecule has 1 heterocycles. The SMILES string of the molecule is CC(C)(c1ccccc1)c1noc([C@@H](N)CO)n1. The first-order valence-electron chi connectivity index (χ1n) is 5.81. The van der Waals surface area contributed by atoms with E-state index in [-0.39, 0.29) is 17.9 Å². The van der Waals surface area contributed by atoms with E-state index in [0.717, 1.165) is 5.56 Å². The Balaban J connectivity index is 2.33. The summed E-state index contributed by atoms with van der Waals surface area (Å²) in [7, 11) is 0. The average molecular weight is 247 g/mol. The Hall–Kier alpha value is -1.72. The molecule has 0 amide bonds. The highest BCUT2D eigenvalue weighted by molar-refractivity contribution is 5.30. The third kappa shape index (κ3) is 2.27. The zero-order valence-corrected chi connectivity index (χ0v) is 10.5. The van der Waals surface area contributed by atoms with Crippen LogP contribution in [-0.2, 0) is 5.41 Å². The molecule has 5 nitrogen and oxygen atoms in total. The van der Waals surface area contributed by atoms with Crippen LogP contribution in [0, 0.1) is 0 Å². The van der Waals surface area contributed by atoms with Gasteiger partial charge >= 0.3 is 0 Å². The summed E-state index contributed by atoms with van der Waals surface area (Å²) in [6.07, 6.45) is 0. The first-order valence-corrected chi connectivity index (χ1v) is 5.81. The van der Waals surface area contributed by atoms with Crippen LogP contribution < -0.4 is 5.73 Å². The first kappa shape index (κ1) is 12.7. The fraction of sp³-hybridized carbons (Fsp3) is 0.385. The van der Waals surface area contributed by atoms with Crippen LogP contribution in [0.2, 0.25) is 0 Å². The van der Waals surface area contributed by atoms with Gasteiger partial charge in [-0.2, -0.15) is 4.98 Å². The molecule has 0 aliphatic heterocycles. The van der Waals surface area contributed by atoms with E-state index in [1.807, 2.05) is 44.2 Å². The van der Waals surface area contributed by atoms with E-state index in [0.29, 0.717) is 5.82 Å². The molecule has 1 atom stereocenters. The van der Waals surface area contributed by atoms with Gasteiger partial charge in [-0.25, -0.2) is 0 Å². The van der Waals surface area contributed by atoms with Gasteiger partial charge in [0.15, 0.2) is 5.82 Å². The molecule has 1 aromatic heterocycles. The molecule has 96 valence electrons. The molecule has 0 spiro atoms. The Morgan fingerprint density at radius 3 is 2.61 bits per heavy atom. The minimum atomic E-state index is -0.627. The molecule has 3 N–H and O–H groups in total. The summed E-state index contributed by atoms with van der Waals surface area (Å²) in [4.78, 5) is 4.27. The Morgan fingerprint density at radius 1 is 1.33 bits per heavy atom. The molecular formula is C13H17N3O2. The number of rotatable bonds is 4. The van der Waals surface area contributed by atoms with Crippen LogP contribution in [0.4, 0.5) is 0 Å². The highest BCUT2D eigenvalue weighted by Crippen LogP contribution is 2.29. The standard InChI is InChI=1S/C13H17N3O2/c1-13(2,9-6-4-3-5-7-9)12-15-11(18-16-12)10(14)8-17/h3-7,10,17H,8,14H2,1-2H3/t10-/m0/s1. The van der Waals surface area contributed by atoms with E-state index in [1.54, 1.807) is 0 Å². The van der Waals surface area contributed by atoms with E-state index < -0.39 is 6.04 Å². The lowest BCUT2D eigenvalue weighted by atomic mass is 9.84. The van der Waals surface area contributed by atoms with Gasteiger partial charge in [0.05, 0.1) is 12.0 Å². The average Bonchev–Trinajstić information content (AvgIpc) is 2.89. The third-order valence-corrected chi connectivity index (χ3v) is 3.01. The van der Waals surface area contributed by atoms with Crippen LogP contribution in [-0.4, -0.2) is 21.9 Å². The Morgan fingerprint density at radius 2 is 2.00 bits per heavy atom. The maximum Gasteiger partial charge on any atom is 0.245 e. The van der Waals surface area contributed by atoms with Gasteiger partial charge in [0.25, 0.3) is 0 Å². The highest BCUT2D eigenvalue weighted by atomic mass is 16.5. The van der Waals surface area contributed by atoms with Gasteiger partial charge in [0.2, 0.25) is 5.89 Å². The van der Waals surface area contributed by atoms with Gasteiger partial charge in [-0.05, 0) is 19.4 Å². The summed E-state index contributed by atoms with van der Waals surface area (Å²) < 4.78 is 5.08. The van der Waals surface area contributed by atoms with Crippen molar-refractivity contribution < 1.29 is 9.63 Å². The van der Waals surface area contributed by atoms with Gasteiger partial charge in [-0.3, -0.25) is 0 Å². The molecule has 1 aromatic carbocycles. The van der Waals surface area contributed by atoms with E-state index in [1.165, 1.54) is 0 Å². The van der Waals surface area contributed by atoms with Gasteiger partial charge in [0.1, 0.15) is 6.04 Å². The van der Waals surface area contributed by atoms with Crippen molar-refractivity contribution in [3.63, 3.8) is 0 Å². The molecule has 18 heavy (non-hydrogen) atoms. The van der Waals surface area contributed by atoms with Crippen LogP contribution in [0.15, 0.2) is 34.9 Å². The summed E-state index contributed by atoms with van der Waals surface area (Å²) in [6.45, 7) is 3.82. The molecule has 0 aliphatic rings. The van der Waals surface area contributed by atoms with Crippen molar-refractivity contribution in [2.45, 2.75) is 25.3 Å². The summed E-state index contributed by atoms with van der Waals surface area (Å²) in [6, 6.07) is 9.31. The maximum absolute atomic E-state index is 8.96. The lowest BCUT2D eigenvalue weighted by Crippen LogP contribution is -2.21. The van der Waals surface area contributed by atoms with Crippen molar-refractivity contribution in [3.05, 3.63) is 47.6 Å². The predicted molar refractivity (Wildman–Crippen MR) is 66.9 cm³/mol. The molecule has 0 aliphatic carbocycles. The normalized spacial score (nSPS) is 13.6. The number of benzene rings is 1. The van der Waals surface area contributed by atoms with E-state index >= 15 is 0 Å². The summed E-state index contributed by atoms with van der Waals surface area (Å²) in [5, 5.41) is 12.9. The number of hydrogen-bond acceptors (Lipinski definition) is 5. The van der Waals surface area contributed by atoms with Crippen LogP contribution >= 0.6 is 0 Å². The second kappa shape index (κ2) is 4.88. The zero-order chi connectivity index (χ0) is 13.2. The number of nitrogens with two attached hydrogens (primary N) is 1. The second-order valence-electron chi connectivity index (χ2n) is 4.74. The number of aliphatic hydroxyl groups is 1. The van der Waals surface area contributed by atoms with Gasteiger partial charge in [0, 0.05) is 0 Å². The number of aromatic nitrogens is 2. The monoisotopic (exact) mass is 247 g/mol. The molecule has 0 radical (unpaired) electrons. The quantitative estimate of drug-likeness (QED) is 0.852. The first-order chi connectivity index (χ1) is 8.55. The molecule has 2 aromatic rings. The minimum Gasteiger partial charge on any atom is -0.394 e. The summed E-state index contributed by atoms with van der Waals surface area (Å²) in [5.41, 5.74) is 6.37. The van der Waals surface area contributed by atoms with Crippen LogP contribution in [0.25, 0.3) is 0 Å². The zero-order valence-electron chi connectivity index (χ0n) is 10.5. The minimum absolute atomic E-state index is 0.215. The molecule has 0 fully saturated rings.